The van der Waals surface area contributed by atoms with E-state index in [2.05, 4.69) is 47.3 Å². The van der Waals surface area contributed by atoms with E-state index in [4.69, 9.17) is 56.8 Å². The second-order valence-corrected chi connectivity index (χ2v) is 35.3. The fourth-order valence-electron chi connectivity index (χ4n) is 17.3. The van der Waals surface area contributed by atoms with Crippen molar-refractivity contribution in [2.45, 2.75) is 461 Å². The highest BCUT2D eigenvalue weighted by Gasteiger charge is 2.63. The number of allylic oxidation sites excluding steroid dienone is 3. The number of aliphatic hydroxyl groups is 18. The molecule has 33 atom stereocenters. The molecule has 0 spiro atoms. The molecule has 0 aromatic carbocycles. The summed E-state index contributed by atoms with van der Waals surface area (Å²) in [5.74, 6) is -8.64. The van der Waals surface area contributed by atoms with E-state index in [0.29, 0.717) is 12.8 Å². The van der Waals surface area contributed by atoms with Crippen molar-refractivity contribution in [1.82, 2.24) is 21.3 Å². The number of carbonyl (C=O) groups is 5. The summed E-state index contributed by atoms with van der Waals surface area (Å²) in [7, 11) is 0. The summed E-state index contributed by atoms with van der Waals surface area (Å²) >= 11 is 0. The van der Waals surface area contributed by atoms with Crippen LogP contribution in [-0.4, -0.2) is 375 Å². The van der Waals surface area contributed by atoms with E-state index in [9.17, 15) is 121 Å². The van der Waals surface area contributed by atoms with Gasteiger partial charge in [0.05, 0.1) is 70.5 Å². The molecule has 0 bridgehead atoms. The van der Waals surface area contributed by atoms with Crippen LogP contribution in [0.3, 0.4) is 0 Å². The molecule has 40 heteroatoms. The molecule has 129 heavy (non-hydrogen) atoms. The maximum atomic E-state index is 13.8. The van der Waals surface area contributed by atoms with Crippen LogP contribution in [0.5, 0.6) is 0 Å². The molecule has 0 aromatic rings. The van der Waals surface area contributed by atoms with Crippen LogP contribution in [0, 0.1) is 0 Å². The van der Waals surface area contributed by atoms with Crippen molar-refractivity contribution >= 4 is 29.6 Å². The number of nitrogens with one attached hydrogen (secondary N) is 4. The fraction of sp³-hybridized carbons (Fsp3) is 0.899. The van der Waals surface area contributed by atoms with E-state index in [1.807, 2.05) is 6.08 Å². The highest BCUT2D eigenvalue weighted by Crippen LogP contribution is 2.42. The number of carbonyl (C=O) groups excluding carboxylic acids is 4. The van der Waals surface area contributed by atoms with Crippen molar-refractivity contribution in [1.29, 1.82) is 0 Å². The summed E-state index contributed by atoms with van der Waals surface area (Å²) < 4.78 is 72.2. The zero-order chi connectivity index (χ0) is 94.7. The van der Waals surface area contributed by atoms with Gasteiger partial charge in [-0.25, -0.2) is 4.79 Å². The molecule has 6 aliphatic rings. The predicted molar refractivity (Wildman–Crippen MR) is 459 cm³/mol. The SMILES string of the molecule is CCCCCCCC/C=C\CCCCCCCCCCCCCCCC(=O)N[C@@H](CO[C@@H]1OC(CO)[C@@H](O[C@@H]2OC(CO)[C@H](O)[C@H](O[C@@H]3OC(CO)[C@@H](O[C@@H]4OC(CO)[C@H](O[C@@H]5OC(CO)[C@H](O)[C@H](O)C5NC(C)=O)[C@H](O[C@]5(C(=O)O)CC(O)[C@@H](NC(C)=O)C([C@H](O)[C@H](O)CO)O5)C4O)[C@H](O)C3NC(C)=O)C2O)[C@H](O)C1O)[C@H](O)/C=C/CCCCCCCCCCCCC. The third kappa shape index (κ3) is 35.9. The van der Waals surface area contributed by atoms with Crippen molar-refractivity contribution in [2.75, 3.05) is 46.2 Å². The second kappa shape index (κ2) is 61.0. The molecule has 6 fully saturated rings. The van der Waals surface area contributed by atoms with E-state index >= 15 is 0 Å². The lowest BCUT2D eigenvalue weighted by molar-refractivity contribution is -0.401. The monoisotopic (exact) mass is 1860 g/mol. The standard InChI is InChI=1S/C89H158N4O36/c1-6-8-10-12-14-16-18-20-21-22-23-24-25-26-27-28-29-31-33-35-37-39-41-43-64(106)93-55(56(103)42-40-38-36-34-32-30-19-17-15-13-11-9-7-2)51-118-85-74(113)73(112)78(62(49-98)122-85)125-86-75(114)81(70(109)60(47-96)120-86)127-84-67(92-54(5)102)72(111)77(61(48-97)121-84)124-87-76(115)82(79(63(50-99)123-87)126-83-66(91-53(4)101)71(110)69(108)59(46-95)119-83)129-89(88(116)117)44-57(104)65(90-52(3)100)80(128-89)68(107)58(105)45-94/h20-21,40,42,55-63,65-87,94-99,103-105,107-115H,6-19,22-39,41,43-51H2,1-5H3,(H,90,100)(H,91,101)(H,92,102)(H,93,106)(H,116,117)/b21-20-,42-40+/t55-,56+,57?,58+,59?,60?,61?,62?,63?,65+,66?,67?,68+,69-,70-,71+,72+,73+,74?,75?,76?,77+,78+,79-,80?,81-,82+,83-,84-,85+,86-,87-,89-/m0/s1. The van der Waals surface area contributed by atoms with Crippen molar-refractivity contribution in [3.63, 3.8) is 0 Å². The number of ether oxygens (including phenoxy) is 12. The van der Waals surface area contributed by atoms with Crippen molar-refractivity contribution in [3.8, 4) is 0 Å². The molecule has 6 aliphatic heterocycles. The van der Waals surface area contributed by atoms with E-state index in [-0.39, 0.29) is 12.3 Å². The van der Waals surface area contributed by atoms with Gasteiger partial charge in [-0.05, 0) is 44.9 Å². The van der Waals surface area contributed by atoms with Crippen LogP contribution in [-0.2, 0) is 80.8 Å². The van der Waals surface area contributed by atoms with Crippen LogP contribution in [0.15, 0.2) is 24.3 Å². The minimum atomic E-state index is -3.40. The number of rotatable bonds is 63. The predicted octanol–water partition coefficient (Wildman–Crippen LogP) is -0.178. The number of carboxylic acid groups (broad SMARTS) is 1. The Kier molecular flexibility index (Phi) is 53.6. The average Bonchev–Trinajstić information content (AvgIpc) is 0.707. The molecule has 6 rings (SSSR count). The molecular formula is C89H158N4O36. The Morgan fingerprint density at radius 2 is 0.783 bits per heavy atom. The summed E-state index contributed by atoms with van der Waals surface area (Å²) in [5, 5.41) is 225. The number of hydrogen-bond acceptors (Lipinski definition) is 35. The van der Waals surface area contributed by atoms with Crippen molar-refractivity contribution in [2.24, 2.45) is 0 Å². The molecule has 6 saturated heterocycles. The first-order valence-corrected chi connectivity index (χ1v) is 47.2. The lowest BCUT2D eigenvalue weighted by Gasteiger charge is -2.52. The molecular weight excluding hydrogens is 1700 g/mol. The van der Waals surface area contributed by atoms with Crippen LogP contribution < -0.4 is 21.3 Å². The Hall–Kier alpha value is -4.37. The molecule has 0 aliphatic carbocycles. The smallest absolute Gasteiger partial charge is 0.364 e. The van der Waals surface area contributed by atoms with Crippen LogP contribution in [0.2, 0.25) is 0 Å². The van der Waals surface area contributed by atoms with Gasteiger partial charge in [0.15, 0.2) is 31.5 Å². The minimum absolute atomic E-state index is 0.150. The maximum Gasteiger partial charge on any atom is 0.364 e. The number of amides is 4. The zero-order valence-electron chi connectivity index (χ0n) is 75.9. The Labute approximate surface area is 757 Å². The Morgan fingerprint density at radius 1 is 0.403 bits per heavy atom. The Balaban J connectivity index is 1.13. The molecule has 0 radical (unpaired) electrons. The summed E-state index contributed by atoms with van der Waals surface area (Å²) in [5.41, 5.74) is 0. The van der Waals surface area contributed by atoms with Gasteiger partial charge in [-0.1, -0.05) is 205 Å². The molecule has 0 saturated carbocycles. The number of aliphatic hydroxyl groups excluding tert-OH is 18. The lowest BCUT2D eigenvalue weighted by Crippen LogP contribution is -2.72. The number of hydrogen-bond donors (Lipinski definition) is 23. The summed E-state index contributed by atoms with van der Waals surface area (Å²) in [6, 6.07) is -6.68. The zero-order valence-corrected chi connectivity index (χ0v) is 75.9. The van der Waals surface area contributed by atoms with Gasteiger partial charge in [0.2, 0.25) is 23.6 Å². The van der Waals surface area contributed by atoms with Crippen LogP contribution in [0.25, 0.3) is 0 Å². The first kappa shape index (κ1) is 113. The number of carboxylic acids is 1. The van der Waals surface area contributed by atoms with Crippen LogP contribution >= 0.6 is 0 Å². The Bertz CT molecular complexity index is 3160. The van der Waals surface area contributed by atoms with Gasteiger partial charge in [0.1, 0.15) is 140 Å². The van der Waals surface area contributed by atoms with E-state index in [1.54, 1.807) is 6.08 Å². The summed E-state index contributed by atoms with van der Waals surface area (Å²) in [6.45, 7) is 0.108. The fourth-order valence-corrected chi connectivity index (χ4v) is 17.3. The van der Waals surface area contributed by atoms with Crippen LogP contribution in [0.4, 0.5) is 0 Å². The van der Waals surface area contributed by atoms with Gasteiger partial charge in [-0.2, -0.15) is 0 Å². The van der Waals surface area contributed by atoms with Gasteiger partial charge in [-0.15, -0.1) is 0 Å². The van der Waals surface area contributed by atoms with Crippen LogP contribution in [0.1, 0.15) is 259 Å². The van der Waals surface area contributed by atoms with E-state index in [0.717, 1.165) is 78.6 Å². The van der Waals surface area contributed by atoms with Crippen molar-refractivity contribution < 1.29 is 178 Å². The first-order chi connectivity index (χ1) is 61.9. The summed E-state index contributed by atoms with van der Waals surface area (Å²) in [4.78, 5) is 65.6. The molecule has 750 valence electrons. The van der Waals surface area contributed by atoms with Gasteiger partial charge < -0.3 is 175 Å². The maximum absolute atomic E-state index is 13.8. The quantitative estimate of drug-likeness (QED) is 0.0277. The van der Waals surface area contributed by atoms with E-state index in [1.165, 1.54) is 141 Å². The van der Waals surface area contributed by atoms with Gasteiger partial charge >= 0.3 is 5.97 Å². The van der Waals surface area contributed by atoms with Gasteiger partial charge in [0, 0.05) is 33.6 Å². The number of unbranched alkanes of at least 4 members (excludes halogenated alkanes) is 30. The topological polar surface area (TPSA) is 629 Å². The molecule has 4 amide bonds. The first-order valence-electron chi connectivity index (χ1n) is 47.2. The molecule has 6 heterocycles. The summed E-state index contributed by atoms with van der Waals surface area (Å²) in [6.07, 6.45) is -13.0. The average molecular weight is 1860 g/mol. The molecule has 0 aromatic heterocycles. The molecule has 40 nitrogen and oxygen atoms in total. The molecule has 12 unspecified atom stereocenters. The van der Waals surface area contributed by atoms with Gasteiger partial charge in [-0.3, -0.25) is 19.2 Å². The molecule has 23 N–H and O–H groups in total. The number of aliphatic carboxylic acids is 1. The van der Waals surface area contributed by atoms with Gasteiger partial charge in [0.25, 0.3) is 5.79 Å². The highest BCUT2D eigenvalue weighted by atomic mass is 16.8. The minimum Gasteiger partial charge on any atom is -0.477 e. The lowest BCUT2D eigenvalue weighted by atomic mass is 9.88. The van der Waals surface area contributed by atoms with Crippen molar-refractivity contribution in [3.05, 3.63) is 24.3 Å². The highest BCUT2D eigenvalue weighted by molar-refractivity contribution is 5.77. The third-order valence-electron chi connectivity index (χ3n) is 24.8. The normalized spacial score (nSPS) is 34.3. The Morgan fingerprint density at radius 3 is 1.25 bits per heavy atom. The third-order valence-corrected chi connectivity index (χ3v) is 24.8. The largest absolute Gasteiger partial charge is 0.477 e. The van der Waals surface area contributed by atoms with E-state index < -0.39 is 278 Å². The second-order valence-electron chi connectivity index (χ2n) is 35.3.